The fourth-order valence-corrected chi connectivity index (χ4v) is 3.60. The third kappa shape index (κ3) is 4.07. The lowest BCUT2D eigenvalue weighted by Gasteiger charge is -2.38. The number of benzene rings is 2. The molecule has 2 atom stereocenters. The Morgan fingerprint density at radius 1 is 1.04 bits per heavy atom. The van der Waals surface area contributed by atoms with Crippen LogP contribution in [0, 0.1) is 23.1 Å². The van der Waals surface area contributed by atoms with Crippen LogP contribution >= 0.6 is 0 Å². The van der Waals surface area contributed by atoms with Crippen LogP contribution in [0.5, 0.6) is 0 Å². The number of halogens is 1. The summed E-state index contributed by atoms with van der Waals surface area (Å²) in [4.78, 5) is 2.41. The molecule has 0 spiro atoms. The number of likely N-dealkylation sites (tertiary alicyclic amines) is 1. The monoisotopic (exact) mass is 338 g/mol. The minimum Gasteiger partial charge on any atom is -0.388 e. The zero-order valence-electron chi connectivity index (χ0n) is 14.4. The number of rotatable bonds is 4. The van der Waals surface area contributed by atoms with Crippen LogP contribution < -0.4 is 0 Å². The van der Waals surface area contributed by atoms with Crippen LogP contribution in [0.15, 0.2) is 48.5 Å². The topological polar surface area (TPSA) is 47.3 Å². The van der Waals surface area contributed by atoms with Gasteiger partial charge in [0.25, 0.3) is 0 Å². The zero-order chi connectivity index (χ0) is 17.8. The Hall–Kier alpha value is -2.22. The first-order valence-electron chi connectivity index (χ1n) is 8.76. The van der Waals surface area contributed by atoms with Gasteiger partial charge in [0.15, 0.2) is 0 Å². The number of aliphatic hydroxyl groups excluding tert-OH is 1. The van der Waals surface area contributed by atoms with Gasteiger partial charge in [-0.05, 0) is 74.2 Å². The van der Waals surface area contributed by atoms with Gasteiger partial charge in [0, 0.05) is 6.04 Å². The summed E-state index contributed by atoms with van der Waals surface area (Å²) in [6, 6.07) is 16.3. The van der Waals surface area contributed by atoms with Crippen molar-refractivity contribution < 1.29 is 9.50 Å². The molecule has 25 heavy (non-hydrogen) atoms. The third-order valence-corrected chi connectivity index (χ3v) is 5.30. The highest BCUT2D eigenvalue weighted by Crippen LogP contribution is 2.33. The Balaban J connectivity index is 1.59. The molecule has 3 nitrogen and oxygen atoms in total. The molecule has 0 aliphatic carbocycles. The van der Waals surface area contributed by atoms with E-state index >= 15 is 0 Å². The Labute approximate surface area is 148 Å². The molecule has 0 radical (unpaired) electrons. The number of nitriles is 1. The van der Waals surface area contributed by atoms with Gasteiger partial charge in [0.05, 0.1) is 17.7 Å². The molecule has 1 fully saturated rings. The van der Waals surface area contributed by atoms with Crippen LogP contribution in [0.4, 0.5) is 4.39 Å². The molecule has 0 saturated carbocycles. The fraction of sp³-hybridized carbons (Fsp3) is 0.381. The van der Waals surface area contributed by atoms with Crippen molar-refractivity contribution in [2.75, 3.05) is 13.1 Å². The molecule has 3 rings (SSSR count). The molecule has 1 saturated heterocycles. The van der Waals surface area contributed by atoms with Gasteiger partial charge in [-0.3, -0.25) is 4.90 Å². The maximum Gasteiger partial charge on any atom is 0.123 e. The van der Waals surface area contributed by atoms with Crippen molar-refractivity contribution in [3.05, 3.63) is 71.0 Å². The van der Waals surface area contributed by atoms with Crippen LogP contribution in [-0.4, -0.2) is 23.1 Å². The molecule has 0 aromatic heterocycles. The van der Waals surface area contributed by atoms with Gasteiger partial charge < -0.3 is 5.11 Å². The Kier molecular flexibility index (Phi) is 5.47. The van der Waals surface area contributed by atoms with Gasteiger partial charge in [-0.15, -0.1) is 0 Å². The van der Waals surface area contributed by atoms with Crippen molar-refractivity contribution in [1.29, 1.82) is 5.26 Å². The molecule has 0 bridgehead atoms. The summed E-state index contributed by atoms with van der Waals surface area (Å²) in [6.45, 7) is 4.02. The number of hydrogen-bond acceptors (Lipinski definition) is 3. The Bertz CT molecular complexity index is 728. The van der Waals surface area contributed by atoms with E-state index < -0.39 is 6.10 Å². The molecule has 130 valence electrons. The summed E-state index contributed by atoms with van der Waals surface area (Å²) in [5, 5.41) is 19.5. The van der Waals surface area contributed by atoms with Gasteiger partial charge in [-0.2, -0.15) is 5.26 Å². The minimum absolute atomic E-state index is 0.204. The fourth-order valence-electron chi connectivity index (χ4n) is 3.60. The van der Waals surface area contributed by atoms with Crippen molar-refractivity contribution in [2.24, 2.45) is 5.92 Å². The number of aliphatic hydroxyl groups is 1. The predicted octanol–water partition coefficient (Wildman–Crippen LogP) is 4.20. The van der Waals surface area contributed by atoms with E-state index in [9.17, 15) is 9.50 Å². The average molecular weight is 338 g/mol. The molecule has 2 aromatic rings. The van der Waals surface area contributed by atoms with Gasteiger partial charge in [-0.25, -0.2) is 4.39 Å². The van der Waals surface area contributed by atoms with Crippen LogP contribution in [0.2, 0.25) is 0 Å². The lowest BCUT2D eigenvalue weighted by Crippen LogP contribution is -2.37. The highest BCUT2D eigenvalue weighted by Gasteiger charge is 2.28. The van der Waals surface area contributed by atoms with E-state index in [4.69, 9.17) is 5.26 Å². The predicted molar refractivity (Wildman–Crippen MR) is 95.2 cm³/mol. The number of piperidine rings is 1. The number of hydrogen-bond donors (Lipinski definition) is 1. The molecule has 0 amide bonds. The molecule has 1 aliphatic heterocycles. The first-order valence-corrected chi connectivity index (χ1v) is 8.76. The molecular weight excluding hydrogens is 315 g/mol. The smallest absolute Gasteiger partial charge is 0.123 e. The SMILES string of the molecule is CC(c1ccc(C#N)cc1)N1CCC(C(O)c2ccc(F)cc2)CC1. The second-order valence-electron chi connectivity index (χ2n) is 6.78. The van der Waals surface area contributed by atoms with Crippen molar-refractivity contribution in [2.45, 2.75) is 31.9 Å². The first kappa shape index (κ1) is 17.6. The van der Waals surface area contributed by atoms with Crippen LogP contribution in [0.25, 0.3) is 0 Å². The van der Waals surface area contributed by atoms with E-state index in [1.54, 1.807) is 12.1 Å². The first-order chi connectivity index (χ1) is 12.1. The summed E-state index contributed by atoms with van der Waals surface area (Å²) < 4.78 is 13.0. The van der Waals surface area contributed by atoms with Crippen LogP contribution in [0.3, 0.4) is 0 Å². The summed E-state index contributed by atoms with van der Waals surface area (Å²) in [5.74, 6) is -0.0723. The highest BCUT2D eigenvalue weighted by molar-refractivity contribution is 5.32. The maximum absolute atomic E-state index is 13.0. The van der Waals surface area contributed by atoms with E-state index in [1.807, 2.05) is 24.3 Å². The summed E-state index contributed by atoms with van der Waals surface area (Å²) >= 11 is 0. The van der Waals surface area contributed by atoms with E-state index in [1.165, 1.54) is 17.7 Å². The van der Waals surface area contributed by atoms with Gasteiger partial charge in [0.2, 0.25) is 0 Å². The molecule has 2 aromatic carbocycles. The largest absolute Gasteiger partial charge is 0.388 e. The van der Waals surface area contributed by atoms with E-state index in [2.05, 4.69) is 17.9 Å². The minimum atomic E-state index is -0.534. The summed E-state index contributed by atoms with van der Waals surface area (Å²) in [7, 11) is 0. The van der Waals surface area contributed by atoms with Crippen LogP contribution in [-0.2, 0) is 0 Å². The van der Waals surface area contributed by atoms with Gasteiger partial charge in [-0.1, -0.05) is 24.3 Å². The highest BCUT2D eigenvalue weighted by atomic mass is 19.1. The molecule has 1 N–H and O–H groups in total. The van der Waals surface area contributed by atoms with Crippen molar-refractivity contribution in [3.8, 4) is 6.07 Å². The van der Waals surface area contributed by atoms with Crippen LogP contribution in [0.1, 0.15) is 48.6 Å². The van der Waals surface area contributed by atoms with E-state index in [-0.39, 0.29) is 17.8 Å². The second kappa shape index (κ2) is 7.77. The molecule has 1 aliphatic rings. The second-order valence-corrected chi connectivity index (χ2v) is 6.78. The van der Waals surface area contributed by atoms with Gasteiger partial charge >= 0.3 is 0 Å². The van der Waals surface area contributed by atoms with Gasteiger partial charge in [0.1, 0.15) is 5.82 Å². The standard InChI is InChI=1S/C21H23FN2O/c1-15(17-4-2-16(14-23)3-5-17)24-12-10-19(11-13-24)21(25)18-6-8-20(22)9-7-18/h2-9,15,19,21,25H,10-13H2,1H3. The third-order valence-electron chi connectivity index (χ3n) is 5.30. The Morgan fingerprint density at radius 2 is 1.60 bits per heavy atom. The molecule has 4 heteroatoms. The molecule has 1 heterocycles. The summed E-state index contributed by atoms with van der Waals surface area (Å²) in [5.41, 5.74) is 2.67. The lowest BCUT2D eigenvalue weighted by atomic mass is 9.86. The van der Waals surface area contributed by atoms with Crippen molar-refractivity contribution in [3.63, 3.8) is 0 Å². The maximum atomic E-state index is 13.0. The van der Waals surface area contributed by atoms with Crippen molar-refractivity contribution in [1.82, 2.24) is 4.90 Å². The molecular formula is C21H23FN2O. The quantitative estimate of drug-likeness (QED) is 0.909. The Morgan fingerprint density at radius 3 is 2.16 bits per heavy atom. The van der Waals surface area contributed by atoms with Crippen molar-refractivity contribution >= 4 is 0 Å². The lowest BCUT2D eigenvalue weighted by molar-refractivity contribution is 0.0472. The zero-order valence-corrected chi connectivity index (χ0v) is 14.4. The number of nitrogens with zero attached hydrogens (tertiary/aromatic N) is 2. The average Bonchev–Trinajstić information content (AvgIpc) is 2.67. The molecule has 2 unspecified atom stereocenters. The van der Waals surface area contributed by atoms with E-state index in [0.717, 1.165) is 31.5 Å². The normalized spacial score (nSPS) is 18.5. The summed E-state index contributed by atoms with van der Waals surface area (Å²) in [6.07, 6.45) is 1.30. The van der Waals surface area contributed by atoms with E-state index in [0.29, 0.717) is 5.56 Å².